The number of nitrogens with two attached hydrogens (primary N) is 1. The summed E-state index contributed by atoms with van der Waals surface area (Å²) in [4.78, 5) is 4.48. The highest BCUT2D eigenvalue weighted by Crippen LogP contribution is 2.42. The topological polar surface area (TPSA) is 74.2 Å². The third-order valence-corrected chi connectivity index (χ3v) is 4.48. The first-order chi connectivity index (χ1) is 10.2. The maximum absolute atomic E-state index is 5.96. The number of hydrogen-bond acceptors (Lipinski definition) is 5. The Morgan fingerprint density at radius 2 is 2.24 bits per heavy atom. The fourth-order valence-corrected chi connectivity index (χ4v) is 2.90. The van der Waals surface area contributed by atoms with Gasteiger partial charge in [0.05, 0.1) is 12.7 Å². The van der Waals surface area contributed by atoms with Crippen LogP contribution in [0.4, 0.5) is 0 Å². The van der Waals surface area contributed by atoms with Gasteiger partial charge in [-0.3, -0.25) is 0 Å². The molecule has 0 aliphatic heterocycles. The van der Waals surface area contributed by atoms with Gasteiger partial charge >= 0.3 is 0 Å². The van der Waals surface area contributed by atoms with Crippen LogP contribution in [0.1, 0.15) is 25.2 Å². The average Bonchev–Trinajstić information content (AvgIpc) is 2.91. The van der Waals surface area contributed by atoms with Crippen LogP contribution in [0.25, 0.3) is 11.4 Å². The summed E-state index contributed by atoms with van der Waals surface area (Å²) in [5, 5.41) is 4.66. The van der Waals surface area contributed by atoms with E-state index < -0.39 is 0 Å². The third-order valence-electron chi connectivity index (χ3n) is 4.25. The summed E-state index contributed by atoms with van der Waals surface area (Å²) in [5.41, 5.74) is 6.79. The molecule has 0 amide bonds. The van der Waals surface area contributed by atoms with Gasteiger partial charge in [-0.25, -0.2) is 0 Å². The number of aromatic nitrogens is 2. The average molecular weight is 308 g/mol. The number of ether oxygens (including phenoxy) is 1. The van der Waals surface area contributed by atoms with E-state index in [1.807, 2.05) is 6.07 Å². The number of halogens is 1. The van der Waals surface area contributed by atoms with Gasteiger partial charge in [0.25, 0.3) is 0 Å². The van der Waals surface area contributed by atoms with Crippen molar-refractivity contribution >= 4 is 11.6 Å². The lowest BCUT2D eigenvalue weighted by Gasteiger charge is -2.39. The van der Waals surface area contributed by atoms with E-state index in [9.17, 15) is 0 Å². The van der Waals surface area contributed by atoms with E-state index >= 15 is 0 Å². The molecule has 2 N–H and O–H groups in total. The molecule has 0 saturated heterocycles. The molecule has 0 bridgehead atoms. The molecule has 0 atom stereocenters. The summed E-state index contributed by atoms with van der Waals surface area (Å²) in [7, 11) is 1.59. The number of rotatable bonds is 5. The van der Waals surface area contributed by atoms with Crippen molar-refractivity contribution in [1.29, 1.82) is 0 Å². The number of methoxy groups -OCH3 is 1. The Kier molecular flexibility index (Phi) is 3.87. The first-order valence-corrected chi connectivity index (χ1v) is 7.40. The molecule has 1 saturated carbocycles. The highest BCUT2D eigenvalue weighted by Gasteiger charge is 2.37. The Labute approximate surface area is 128 Å². The maximum Gasteiger partial charge on any atom is 0.227 e. The molecule has 1 heterocycles. The highest BCUT2D eigenvalue weighted by molar-refractivity contribution is 6.30. The highest BCUT2D eigenvalue weighted by atomic mass is 35.5. The molecule has 112 valence electrons. The molecule has 0 unspecified atom stereocenters. The number of nitrogens with zero attached hydrogens (tertiary/aromatic N) is 2. The van der Waals surface area contributed by atoms with E-state index in [0.717, 1.165) is 24.8 Å². The van der Waals surface area contributed by atoms with Crippen LogP contribution in [0, 0.1) is 5.41 Å². The molecular weight excluding hydrogens is 290 g/mol. The van der Waals surface area contributed by atoms with Crippen molar-refractivity contribution in [3.05, 3.63) is 29.1 Å². The molecule has 1 aromatic heterocycles. The monoisotopic (exact) mass is 307 g/mol. The van der Waals surface area contributed by atoms with Crippen molar-refractivity contribution in [2.75, 3.05) is 13.7 Å². The van der Waals surface area contributed by atoms with E-state index in [1.165, 1.54) is 6.42 Å². The molecule has 3 rings (SSSR count). The van der Waals surface area contributed by atoms with E-state index in [4.69, 9.17) is 26.6 Å². The molecule has 5 nitrogen and oxygen atoms in total. The lowest BCUT2D eigenvalue weighted by atomic mass is 9.67. The summed E-state index contributed by atoms with van der Waals surface area (Å²) in [5.74, 6) is 1.78. The second kappa shape index (κ2) is 5.66. The second-order valence-electron chi connectivity index (χ2n) is 5.59. The van der Waals surface area contributed by atoms with E-state index in [-0.39, 0.29) is 5.41 Å². The maximum atomic E-state index is 5.96. The summed E-state index contributed by atoms with van der Waals surface area (Å²) in [6.07, 6.45) is 4.23. The summed E-state index contributed by atoms with van der Waals surface area (Å²) in [6, 6.07) is 5.35. The van der Waals surface area contributed by atoms with Crippen molar-refractivity contribution < 1.29 is 9.26 Å². The van der Waals surface area contributed by atoms with Gasteiger partial charge in [-0.05, 0) is 43.0 Å². The second-order valence-corrected chi connectivity index (χ2v) is 6.03. The first-order valence-electron chi connectivity index (χ1n) is 7.02. The quantitative estimate of drug-likeness (QED) is 0.919. The van der Waals surface area contributed by atoms with Crippen LogP contribution in [0.15, 0.2) is 22.7 Å². The summed E-state index contributed by atoms with van der Waals surface area (Å²) >= 11 is 5.96. The Morgan fingerprint density at radius 3 is 2.86 bits per heavy atom. The largest absolute Gasteiger partial charge is 0.496 e. The zero-order chi connectivity index (χ0) is 14.9. The van der Waals surface area contributed by atoms with Crippen LogP contribution in [0.2, 0.25) is 5.02 Å². The summed E-state index contributed by atoms with van der Waals surface area (Å²) in [6.45, 7) is 0.662. The fourth-order valence-electron chi connectivity index (χ4n) is 2.74. The minimum Gasteiger partial charge on any atom is -0.496 e. The predicted octanol–water partition coefficient (Wildman–Crippen LogP) is 3.07. The van der Waals surface area contributed by atoms with Gasteiger partial charge in [0.15, 0.2) is 0 Å². The van der Waals surface area contributed by atoms with Crippen LogP contribution in [0.5, 0.6) is 5.75 Å². The molecule has 1 aromatic carbocycles. The molecule has 0 spiro atoms. The molecule has 6 heteroatoms. The molecule has 1 aliphatic carbocycles. The van der Waals surface area contributed by atoms with Gasteiger partial charge in [0, 0.05) is 11.4 Å². The zero-order valence-corrected chi connectivity index (χ0v) is 12.7. The lowest BCUT2D eigenvalue weighted by molar-refractivity contribution is 0.129. The smallest absolute Gasteiger partial charge is 0.227 e. The molecule has 21 heavy (non-hydrogen) atoms. The Bertz CT molecular complexity index is 632. The SMILES string of the molecule is COc1cc(Cl)ccc1-c1noc(CC2(CN)CCC2)n1. The molecule has 1 aliphatic rings. The predicted molar refractivity (Wildman–Crippen MR) is 80.3 cm³/mol. The molecular formula is C15H18ClN3O2. The van der Waals surface area contributed by atoms with Crippen molar-refractivity contribution in [2.45, 2.75) is 25.7 Å². The van der Waals surface area contributed by atoms with Gasteiger partial charge in [-0.15, -0.1) is 0 Å². The Morgan fingerprint density at radius 1 is 1.43 bits per heavy atom. The van der Waals surface area contributed by atoms with Crippen LogP contribution >= 0.6 is 11.6 Å². The minimum atomic E-state index is 0.147. The Hall–Kier alpha value is -1.59. The van der Waals surface area contributed by atoms with Crippen LogP contribution in [-0.4, -0.2) is 23.8 Å². The van der Waals surface area contributed by atoms with E-state index in [2.05, 4.69) is 10.1 Å². The molecule has 0 radical (unpaired) electrons. The van der Waals surface area contributed by atoms with Crippen molar-refractivity contribution in [3.63, 3.8) is 0 Å². The van der Waals surface area contributed by atoms with Crippen molar-refractivity contribution in [1.82, 2.24) is 10.1 Å². The molecule has 1 fully saturated rings. The lowest BCUT2D eigenvalue weighted by Crippen LogP contribution is -2.39. The first kappa shape index (κ1) is 14.4. The van der Waals surface area contributed by atoms with Crippen LogP contribution in [0.3, 0.4) is 0 Å². The van der Waals surface area contributed by atoms with E-state index in [1.54, 1.807) is 19.2 Å². The van der Waals surface area contributed by atoms with Gasteiger partial charge < -0.3 is 15.0 Å². The standard InChI is InChI=1S/C15H18ClN3O2/c1-20-12-7-10(16)3-4-11(12)14-18-13(21-19-14)8-15(9-17)5-2-6-15/h3-4,7H,2,5-6,8-9,17H2,1H3. The van der Waals surface area contributed by atoms with Crippen molar-refractivity contribution in [3.8, 4) is 17.1 Å². The van der Waals surface area contributed by atoms with Crippen molar-refractivity contribution in [2.24, 2.45) is 11.1 Å². The van der Waals surface area contributed by atoms with Gasteiger partial charge in [0.2, 0.25) is 11.7 Å². The zero-order valence-electron chi connectivity index (χ0n) is 11.9. The van der Waals surface area contributed by atoms with Crippen LogP contribution in [-0.2, 0) is 6.42 Å². The minimum absolute atomic E-state index is 0.147. The Balaban J connectivity index is 1.85. The van der Waals surface area contributed by atoms with Crippen LogP contribution < -0.4 is 10.5 Å². The number of benzene rings is 1. The third kappa shape index (κ3) is 2.76. The normalized spacial score (nSPS) is 16.5. The van der Waals surface area contributed by atoms with Gasteiger partial charge in [-0.2, -0.15) is 4.98 Å². The van der Waals surface area contributed by atoms with Gasteiger partial charge in [-0.1, -0.05) is 23.2 Å². The van der Waals surface area contributed by atoms with Gasteiger partial charge in [0.1, 0.15) is 5.75 Å². The molecule has 2 aromatic rings. The number of hydrogen-bond donors (Lipinski definition) is 1. The fraction of sp³-hybridized carbons (Fsp3) is 0.467. The van der Waals surface area contributed by atoms with E-state index in [0.29, 0.717) is 29.0 Å². The summed E-state index contributed by atoms with van der Waals surface area (Å²) < 4.78 is 10.7.